The third-order valence-electron chi connectivity index (χ3n) is 3.15. The summed E-state index contributed by atoms with van der Waals surface area (Å²) in [5, 5.41) is 6.39. The van der Waals surface area contributed by atoms with Gasteiger partial charge in [-0.15, -0.1) is 12.4 Å². The normalized spacial score (nSPS) is 9.74. The molecule has 0 atom stereocenters. The predicted molar refractivity (Wildman–Crippen MR) is 99.8 cm³/mol. The van der Waals surface area contributed by atoms with E-state index < -0.39 is 0 Å². The second-order valence-corrected chi connectivity index (χ2v) is 4.85. The molecule has 1 heterocycles. The number of halogens is 1. The minimum Gasteiger partial charge on any atom is -0.396 e. The van der Waals surface area contributed by atoms with Crippen molar-refractivity contribution in [3.05, 3.63) is 66.7 Å². The van der Waals surface area contributed by atoms with Crippen molar-refractivity contribution in [3.63, 3.8) is 0 Å². The van der Waals surface area contributed by atoms with Crippen LogP contribution in [0.25, 0.3) is 0 Å². The Bertz CT molecular complexity index is 700. The largest absolute Gasteiger partial charge is 0.396 e. The summed E-state index contributed by atoms with van der Waals surface area (Å²) in [5.41, 5.74) is 14.8. The summed E-state index contributed by atoms with van der Waals surface area (Å²) in [6.45, 7) is 0. The highest BCUT2D eigenvalue weighted by Crippen LogP contribution is 2.29. The molecule has 0 aliphatic rings. The van der Waals surface area contributed by atoms with Crippen LogP contribution in [0.15, 0.2) is 66.7 Å². The molecule has 0 bridgehead atoms. The van der Waals surface area contributed by atoms with Crippen molar-refractivity contribution in [2.45, 2.75) is 0 Å². The Morgan fingerprint density at radius 2 is 1.04 bits per heavy atom. The van der Waals surface area contributed by atoms with E-state index in [0.29, 0.717) is 23.0 Å². The van der Waals surface area contributed by atoms with Gasteiger partial charge < -0.3 is 22.1 Å². The van der Waals surface area contributed by atoms with Crippen LogP contribution in [0.1, 0.15) is 0 Å². The Labute approximate surface area is 141 Å². The van der Waals surface area contributed by atoms with E-state index in [1.165, 1.54) is 0 Å². The van der Waals surface area contributed by atoms with Crippen molar-refractivity contribution < 1.29 is 0 Å². The van der Waals surface area contributed by atoms with Crippen molar-refractivity contribution in [2.75, 3.05) is 22.1 Å². The van der Waals surface area contributed by atoms with Gasteiger partial charge in [-0.05, 0) is 30.3 Å². The molecule has 3 aromatic rings. The number of rotatable bonds is 4. The SMILES string of the molecule is Cl.Nc1cc(N)c(Nc2ccccc2)nc1Nc1ccccc1. The number of nitrogens with two attached hydrogens (primary N) is 2. The maximum absolute atomic E-state index is 6.00. The fourth-order valence-electron chi connectivity index (χ4n) is 2.06. The molecule has 0 spiro atoms. The second-order valence-electron chi connectivity index (χ2n) is 4.85. The first-order chi connectivity index (χ1) is 10.7. The molecule has 6 N–H and O–H groups in total. The van der Waals surface area contributed by atoms with Gasteiger partial charge in [0.2, 0.25) is 0 Å². The Morgan fingerprint density at radius 3 is 1.43 bits per heavy atom. The van der Waals surface area contributed by atoms with Gasteiger partial charge >= 0.3 is 0 Å². The van der Waals surface area contributed by atoms with Crippen LogP contribution in [0, 0.1) is 0 Å². The lowest BCUT2D eigenvalue weighted by Crippen LogP contribution is -2.05. The fraction of sp³-hybridized carbons (Fsp3) is 0. The van der Waals surface area contributed by atoms with Crippen molar-refractivity contribution in [2.24, 2.45) is 0 Å². The number of nitrogen functional groups attached to an aromatic ring is 2. The lowest BCUT2D eigenvalue weighted by atomic mass is 10.2. The van der Waals surface area contributed by atoms with Crippen LogP contribution < -0.4 is 22.1 Å². The summed E-state index contributed by atoms with van der Waals surface area (Å²) in [5.74, 6) is 1.14. The van der Waals surface area contributed by atoms with Gasteiger partial charge in [0, 0.05) is 11.4 Å². The zero-order valence-electron chi connectivity index (χ0n) is 12.4. The summed E-state index contributed by atoms with van der Waals surface area (Å²) in [6, 6.07) is 21.2. The number of para-hydroxylation sites is 2. The molecule has 0 aliphatic carbocycles. The zero-order chi connectivity index (χ0) is 15.4. The van der Waals surface area contributed by atoms with E-state index in [2.05, 4.69) is 15.6 Å². The Kier molecular flexibility index (Phi) is 5.28. The summed E-state index contributed by atoms with van der Waals surface area (Å²) >= 11 is 0. The van der Waals surface area contributed by atoms with E-state index in [1.54, 1.807) is 6.07 Å². The third-order valence-corrected chi connectivity index (χ3v) is 3.15. The Balaban J connectivity index is 0.00000192. The van der Waals surface area contributed by atoms with Gasteiger partial charge in [-0.25, -0.2) is 4.98 Å². The van der Waals surface area contributed by atoms with Crippen LogP contribution in [0.4, 0.5) is 34.4 Å². The number of nitrogens with one attached hydrogen (secondary N) is 2. The Hall–Kier alpha value is -2.92. The van der Waals surface area contributed by atoms with E-state index in [9.17, 15) is 0 Å². The summed E-state index contributed by atoms with van der Waals surface area (Å²) in [6.07, 6.45) is 0. The first-order valence-corrected chi connectivity index (χ1v) is 6.92. The number of aromatic nitrogens is 1. The van der Waals surface area contributed by atoms with Crippen molar-refractivity contribution >= 4 is 46.8 Å². The standard InChI is InChI=1S/C17H17N5.ClH/c18-14-11-15(19)17(21-13-9-5-2-6-10-13)22-16(14)20-12-7-3-1-4-8-12;/h1-11H,18-19H2,(H2,20,21,22);1H. The molecule has 0 fully saturated rings. The fourth-order valence-corrected chi connectivity index (χ4v) is 2.06. The highest BCUT2D eigenvalue weighted by atomic mass is 35.5. The van der Waals surface area contributed by atoms with Gasteiger partial charge in [-0.2, -0.15) is 0 Å². The van der Waals surface area contributed by atoms with Crippen LogP contribution >= 0.6 is 12.4 Å². The Morgan fingerprint density at radius 1 is 0.652 bits per heavy atom. The topological polar surface area (TPSA) is 89.0 Å². The molecule has 0 aliphatic heterocycles. The van der Waals surface area contributed by atoms with E-state index in [1.807, 2.05) is 60.7 Å². The molecule has 6 heteroatoms. The summed E-state index contributed by atoms with van der Waals surface area (Å²) in [7, 11) is 0. The molecule has 0 unspecified atom stereocenters. The molecule has 5 nitrogen and oxygen atoms in total. The number of hydrogen-bond donors (Lipinski definition) is 4. The third kappa shape index (κ3) is 4.05. The zero-order valence-corrected chi connectivity index (χ0v) is 13.2. The van der Waals surface area contributed by atoms with Crippen LogP contribution in [-0.4, -0.2) is 4.98 Å². The van der Waals surface area contributed by atoms with Gasteiger partial charge in [-0.3, -0.25) is 0 Å². The molecule has 1 aromatic heterocycles. The lowest BCUT2D eigenvalue weighted by molar-refractivity contribution is 1.30. The van der Waals surface area contributed by atoms with Crippen LogP contribution in [-0.2, 0) is 0 Å². The number of benzene rings is 2. The average molecular weight is 328 g/mol. The molecule has 0 saturated carbocycles. The molecular formula is C17H18ClN5. The molecule has 0 saturated heterocycles. The summed E-state index contributed by atoms with van der Waals surface area (Å²) < 4.78 is 0. The molecule has 118 valence electrons. The van der Waals surface area contributed by atoms with Gasteiger partial charge in [-0.1, -0.05) is 36.4 Å². The molecular weight excluding hydrogens is 310 g/mol. The number of pyridine rings is 1. The summed E-state index contributed by atoms with van der Waals surface area (Å²) in [4.78, 5) is 4.49. The van der Waals surface area contributed by atoms with Crippen molar-refractivity contribution in [1.29, 1.82) is 0 Å². The minimum atomic E-state index is 0. The van der Waals surface area contributed by atoms with Crippen LogP contribution in [0.5, 0.6) is 0 Å². The minimum absolute atomic E-state index is 0. The maximum Gasteiger partial charge on any atom is 0.156 e. The molecule has 2 aromatic carbocycles. The average Bonchev–Trinajstić information content (AvgIpc) is 2.54. The maximum atomic E-state index is 6.00. The van der Waals surface area contributed by atoms with E-state index in [0.717, 1.165) is 11.4 Å². The van der Waals surface area contributed by atoms with E-state index in [-0.39, 0.29) is 12.4 Å². The highest BCUT2D eigenvalue weighted by molar-refractivity contribution is 5.85. The number of hydrogen-bond acceptors (Lipinski definition) is 5. The monoisotopic (exact) mass is 327 g/mol. The second kappa shape index (κ2) is 7.38. The van der Waals surface area contributed by atoms with Gasteiger partial charge in [0.05, 0.1) is 11.4 Å². The first kappa shape index (κ1) is 16.5. The highest BCUT2D eigenvalue weighted by Gasteiger charge is 2.08. The molecule has 0 radical (unpaired) electrons. The molecule has 3 rings (SSSR count). The van der Waals surface area contributed by atoms with E-state index >= 15 is 0 Å². The number of anilines is 6. The van der Waals surface area contributed by atoms with Gasteiger partial charge in [0.15, 0.2) is 11.6 Å². The molecule has 23 heavy (non-hydrogen) atoms. The number of nitrogens with zero attached hydrogens (tertiary/aromatic N) is 1. The smallest absolute Gasteiger partial charge is 0.156 e. The van der Waals surface area contributed by atoms with Gasteiger partial charge in [0.25, 0.3) is 0 Å². The first-order valence-electron chi connectivity index (χ1n) is 6.92. The molecule has 0 amide bonds. The predicted octanol–water partition coefficient (Wildman–Crippen LogP) is 4.16. The van der Waals surface area contributed by atoms with E-state index in [4.69, 9.17) is 11.5 Å². The van der Waals surface area contributed by atoms with Gasteiger partial charge in [0.1, 0.15) is 0 Å². The van der Waals surface area contributed by atoms with Crippen molar-refractivity contribution in [3.8, 4) is 0 Å². The van der Waals surface area contributed by atoms with Crippen LogP contribution in [0.2, 0.25) is 0 Å². The van der Waals surface area contributed by atoms with Crippen LogP contribution in [0.3, 0.4) is 0 Å². The quantitative estimate of drug-likeness (QED) is 0.578. The lowest BCUT2D eigenvalue weighted by Gasteiger charge is -2.13. The van der Waals surface area contributed by atoms with Crippen molar-refractivity contribution in [1.82, 2.24) is 4.98 Å².